The minimum absolute atomic E-state index is 0.0262. The lowest BCUT2D eigenvalue weighted by atomic mass is 10.4. The van der Waals surface area contributed by atoms with E-state index in [1.165, 1.54) is 0 Å². The van der Waals surface area contributed by atoms with Crippen LogP contribution in [0.5, 0.6) is 0 Å². The molecule has 0 aliphatic heterocycles. The Morgan fingerprint density at radius 1 is 1.54 bits per heavy atom. The molecule has 0 saturated carbocycles. The van der Waals surface area contributed by atoms with Crippen molar-refractivity contribution in [1.82, 2.24) is 5.32 Å². The zero-order chi connectivity index (χ0) is 10.1. The van der Waals surface area contributed by atoms with Crippen LogP contribution in [0, 0.1) is 0 Å². The van der Waals surface area contributed by atoms with Crippen LogP contribution >= 0.6 is 0 Å². The molecule has 0 spiro atoms. The third kappa shape index (κ3) is 9.16. The molecular weight excluding hydrogens is 184 g/mol. The van der Waals surface area contributed by atoms with E-state index in [0.717, 1.165) is 0 Å². The standard InChI is InChI=1S/C7H13F2NO3/c8-6(9)5-13-4-1-7(12)10-2-3-11/h6,11H,1-5H2,(H,10,12). The molecular formula is C7H13F2NO3. The van der Waals surface area contributed by atoms with Gasteiger partial charge in [0.1, 0.15) is 6.61 Å². The zero-order valence-electron chi connectivity index (χ0n) is 7.13. The first-order chi connectivity index (χ1) is 6.16. The highest BCUT2D eigenvalue weighted by atomic mass is 19.3. The van der Waals surface area contributed by atoms with Crippen LogP contribution in [0.4, 0.5) is 8.78 Å². The summed E-state index contributed by atoms with van der Waals surface area (Å²) in [5.74, 6) is -0.316. The predicted molar refractivity (Wildman–Crippen MR) is 41.5 cm³/mol. The summed E-state index contributed by atoms with van der Waals surface area (Å²) >= 11 is 0. The third-order valence-corrected chi connectivity index (χ3v) is 1.15. The Morgan fingerprint density at radius 3 is 2.77 bits per heavy atom. The number of hydrogen-bond donors (Lipinski definition) is 2. The second-order valence-electron chi connectivity index (χ2n) is 2.29. The number of carbonyl (C=O) groups is 1. The summed E-state index contributed by atoms with van der Waals surface area (Å²) in [4.78, 5) is 10.8. The largest absolute Gasteiger partial charge is 0.395 e. The second kappa shape index (κ2) is 7.88. The van der Waals surface area contributed by atoms with Crippen LogP contribution in [-0.2, 0) is 9.53 Å². The first-order valence-corrected chi connectivity index (χ1v) is 3.90. The first kappa shape index (κ1) is 12.2. The summed E-state index contributed by atoms with van der Waals surface area (Å²) in [6, 6.07) is 0. The van der Waals surface area contributed by atoms with Gasteiger partial charge >= 0.3 is 0 Å². The number of alkyl halides is 2. The van der Waals surface area contributed by atoms with E-state index in [1.54, 1.807) is 0 Å². The summed E-state index contributed by atoms with van der Waals surface area (Å²) in [7, 11) is 0. The average molecular weight is 197 g/mol. The summed E-state index contributed by atoms with van der Waals surface area (Å²) < 4.78 is 27.5. The fourth-order valence-corrected chi connectivity index (χ4v) is 0.621. The molecule has 2 N–H and O–H groups in total. The Bertz CT molecular complexity index is 144. The highest BCUT2D eigenvalue weighted by Crippen LogP contribution is 1.93. The van der Waals surface area contributed by atoms with Crippen molar-refractivity contribution in [3.8, 4) is 0 Å². The van der Waals surface area contributed by atoms with Crippen molar-refractivity contribution in [3.63, 3.8) is 0 Å². The lowest BCUT2D eigenvalue weighted by Gasteiger charge is -2.03. The third-order valence-electron chi connectivity index (χ3n) is 1.15. The Hall–Kier alpha value is -0.750. The molecule has 0 rings (SSSR count). The number of aliphatic hydroxyl groups excluding tert-OH is 1. The number of hydrogen-bond acceptors (Lipinski definition) is 3. The number of nitrogens with one attached hydrogen (secondary N) is 1. The van der Waals surface area contributed by atoms with Gasteiger partial charge in [-0.2, -0.15) is 0 Å². The van der Waals surface area contributed by atoms with Crippen LogP contribution in [0.1, 0.15) is 6.42 Å². The van der Waals surface area contributed by atoms with E-state index in [2.05, 4.69) is 10.1 Å². The van der Waals surface area contributed by atoms with Gasteiger partial charge in [0.05, 0.1) is 13.2 Å². The minimum Gasteiger partial charge on any atom is -0.395 e. The van der Waals surface area contributed by atoms with Crippen LogP contribution in [0.3, 0.4) is 0 Å². The monoisotopic (exact) mass is 197 g/mol. The van der Waals surface area contributed by atoms with Crippen molar-refractivity contribution in [2.75, 3.05) is 26.4 Å². The molecule has 0 aromatic heterocycles. The van der Waals surface area contributed by atoms with Crippen LogP contribution in [0.25, 0.3) is 0 Å². The van der Waals surface area contributed by atoms with Gasteiger partial charge in [-0.15, -0.1) is 0 Å². The molecule has 0 fully saturated rings. The molecule has 0 aromatic carbocycles. The van der Waals surface area contributed by atoms with Gasteiger partial charge in [0.2, 0.25) is 5.91 Å². The predicted octanol–water partition coefficient (Wildman–Crippen LogP) is -0.233. The Morgan fingerprint density at radius 2 is 2.23 bits per heavy atom. The highest BCUT2D eigenvalue weighted by molar-refractivity contribution is 5.75. The smallest absolute Gasteiger partial charge is 0.261 e. The number of ether oxygens (including phenoxy) is 1. The number of amides is 1. The van der Waals surface area contributed by atoms with Gasteiger partial charge in [-0.25, -0.2) is 8.78 Å². The number of carbonyl (C=O) groups excluding carboxylic acids is 1. The Balaban J connectivity index is 3.17. The van der Waals surface area contributed by atoms with Crippen molar-refractivity contribution in [1.29, 1.82) is 0 Å². The van der Waals surface area contributed by atoms with Crippen LogP contribution in [0.15, 0.2) is 0 Å². The maximum Gasteiger partial charge on any atom is 0.261 e. The van der Waals surface area contributed by atoms with E-state index < -0.39 is 13.0 Å². The van der Waals surface area contributed by atoms with E-state index in [0.29, 0.717) is 0 Å². The second-order valence-corrected chi connectivity index (χ2v) is 2.29. The van der Waals surface area contributed by atoms with Gasteiger partial charge < -0.3 is 15.2 Å². The number of aliphatic hydroxyl groups is 1. The molecule has 78 valence electrons. The fraction of sp³-hybridized carbons (Fsp3) is 0.857. The summed E-state index contributed by atoms with van der Waals surface area (Å²) in [5, 5.41) is 10.7. The molecule has 0 radical (unpaired) electrons. The molecule has 4 nitrogen and oxygen atoms in total. The van der Waals surface area contributed by atoms with E-state index in [-0.39, 0.29) is 32.1 Å². The molecule has 0 aliphatic carbocycles. The highest BCUT2D eigenvalue weighted by Gasteiger charge is 2.03. The van der Waals surface area contributed by atoms with E-state index in [1.807, 2.05) is 0 Å². The minimum atomic E-state index is -2.50. The molecule has 0 aliphatic rings. The SMILES string of the molecule is O=C(CCOCC(F)F)NCCO. The van der Waals surface area contributed by atoms with Gasteiger partial charge in [0, 0.05) is 13.0 Å². The topological polar surface area (TPSA) is 58.6 Å². The summed E-state index contributed by atoms with van der Waals surface area (Å²) in [6.45, 7) is -0.633. The molecule has 0 heterocycles. The molecule has 13 heavy (non-hydrogen) atoms. The van der Waals surface area contributed by atoms with Gasteiger partial charge in [0.15, 0.2) is 0 Å². The summed E-state index contributed by atoms with van der Waals surface area (Å²) in [6.07, 6.45) is -2.47. The van der Waals surface area contributed by atoms with Crippen LogP contribution < -0.4 is 5.32 Å². The molecule has 1 amide bonds. The zero-order valence-corrected chi connectivity index (χ0v) is 7.13. The van der Waals surface area contributed by atoms with Gasteiger partial charge in [-0.1, -0.05) is 0 Å². The maximum atomic E-state index is 11.5. The molecule has 0 atom stereocenters. The first-order valence-electron chi connectivity index (χ1n) is 3.90. The quantitative estimate of drug-likeness (QED) is 0.554. The lowest BCUT2D eigenvalue weighted by Crippen LogP contribution is -2.27. The van der Waals surface area contributed by atoms with Gasteiger partial charge in [-0.05, 0) is 0 Å². The van der Waals surface area contributed by atoms with Gasteiger partial charge in [-0.3, -0.25) is 4.79 Å². The van der Waals surface area contributed by atoms with Crippen molar-refractivity contribution >= 4 is 5.91 Å². The molecule has 0 unspecified atom stereocenters. The maximum absolute atomic E-state index is 11.5. The van der Waals surface area contributed by atoms with Crippen molar-refractivity contribution in [2.24, 2.45) is 0 Å². The fourth-order valence-electron chi connectivity index (χ4n) is 0.621. The average Bonchev–Trinajstić information content (AvgIpc) is 2.08. The summed E-state index contributed by atoms with van der Waals surface area (Å²) in [5.41, 5.74) is 0. The van der Waals surface area contributed by atoms with Gasteiger partial charge in [0.25, 0.3) is 6.43 Å². The number of halogens is 2. The lowest BCUT2D eigenvalue weighted by molar-refractivity contribution is -0.122. The van der Waals surface area contributed by atoms with Crippen molar-refractivity contribution in [3.05, 3.63) is 0 Å². The van der Waals surface area contributed by atoms with Crippen molar-refractivity contribution in [2.45, 2.75) is 12.8 Å². The van der Waals surface area contributed by atoms with Crippen molar-refractivity contribution < 1.29 is 23.4 Å². The molecule has 0 bridgehead atoms. The molecule has 0 saturated heterocycles. The van der Waals surface area contributed by atoms with E-state index in [4.69, 9.17) is 5.11 Å². The van der Waals surface area contributed by atoms with Crippen LogP contribution in [0.2, 0.25) is 0 Å². The molecule has 6 heteroatoms. The van der Waals surface area contributed by atoms with Crippen LogP contribution in [-0.4, -0.2) is 43.8 Å². The molecule has 0 aromatic rings. The Kier molecular flexibility index (Phi) is 7.42. The van der Waals surface area contributed by atoms with E-state index >= 15 is 0 Å². The Labute approximate surface area is 74.9 Å². The normalized spacial score (nSPS) is 10.5. The van der Waals surface area contributed by atoms with E-state index in [9.17, 15) is 13.6 Å². The number of rotatable bonds is 7.